The van der Waals surface area contributed by atoms with E-state index >= 15 is 0 Å². The van der Waals surface area contributed by atoms with Crippen LogP contribution in [0.5, 0.6) is 0 Å². The van der Waals surface area contributed by atoms with E-state index in [0.717, 1.165) is 13.1 Å². The summed E-state index contributed by atoms with van der Waals surface area (Å²) in [6.07, 6.45) is 0. The van der Waals surface area contributed by atoms with E-state index in [1.807, 2.05) is 0 Å². The Morgan fingerprint density at radius 3 is 1.48 bits per heavy atom. The van der Waals surface area contributed by atoms with Gasteiger partial charge in [-0.2, -0.15) is 0 Å². The summed E-state index contributed by atoms with van der Waals surface area (Å²) < 4.78 is 5.41. The van der Waals surface area contributed by atoms with Crippen molar-refractivity contribution >= 4 is 39.1 Å². The van der Waals surface area contributed by atoms with Crippen LogP contribution >= 0.6 is 21.8 Å². The van der Waals surface area contributed by atoms with Crippen LogP contribution in [0.15, 0.2) is 24.3 Å². The van der Waals surface area contributed by atoms with Crippen LogP contribution in [-0.4, -0.2) is 19.0 Å². The lowest BCUT2D eigenvalue weighted by atomic mass is 9.96. The average Bonchev–Trinajstić information content (AvgIpc) is 2.48. The molecule has 4 heteroatoms. The molecule has 0 unspecified atom stereocenters. The SMILES string of the molecule is CC(C)(C)CN1c2ccccc2N(CC(C)(C)C)[Si]1(C)I. The number of fused-ring (bicyclic) bond motifs is 1. The highest BCUT2D eigenvalue weighted by Gasteiger charge is 2.48. The van der Waals surface area contributed by atoms with Gasteiger partial charge in [-0.1, -0.05) is 75.5 Å². The van der Waals surface area contributed by atoms with E-state index in [0.29, 0.717) is 10.8 Å². The molecular formula is C17H29IN2Si. The maximum Gasteiger partial charge on any atom is 0.329 e. The first-order valence-corrected chi connectivity index (χ1v) is 13.3. The standard InChI is InChI=1S/C17H29IN2Si/c1-16(2,3)12-19-14-10-8-9-11-15(14)20(21(19,7)18)13-17(4,5)6/h8-11H,12-13H2,1-7H3. The number of hydrogen-bond donors (Lipinski definition) is 0. The average molecular weight is 416 g/mol. The smallest absolute Gasteiger partial charge is 0.329 e. The number of para-hydroxylation sites is 2. The summed E-state index contributed by atoms with van der Waals surface area (Å²) in [6, 6.07) is 8.95. The van der Waals surface area contributed by atoms with Crippen LogP contribution in [0, 0.1) is 10.8 Å². The lowest BCUT2D eigenvalue weighted by Gasteiger charge is -2.41. The molecule has 0 atom stereocenters. The highest BCUT2D eigenvalue weighted by Crippen LogP contribution is 2.47. The van der Waals surface area contributed by atoms with E-state index in [9.17, 15) is 0 Å². The van der Waals surface area contributed by atoms with Gasteiger partial charge in [0, 0.05) is 13.1 Å². The van der Waals surface area contributed by atoms with Gasteiger partial charge in [0.25, 0.3) is 0 Å². The van der Waals surface area contributed by atoms with Crippen LogP contribution < -0.4 is 9.13 Å². The van der Waals surface area contributed by atoms with E-state index < -0.39 is 5.89 Å². The van der Waals surface area contributed by atoms with E-state index in [1.54, 1.807) is 0 Å². The van der Waals surface area contributed by atoms with Gasteiger partial charge in [-0.05, 0) is 29.5 Å². The van der Waals surface area contributed by atoms with Crippen molar-refractivity contribution in [3.05, 3.63) is 24.3 Å². The van der Waals surface area contributed by atoms with Crippen molar-refractivity contribution < 1.29 is 0 Å². The number of anilines is 2. The molecular weight excluding hydrogens is 387 g/mol. The highest BCUT2D eigenvalue weighted by molar-refractivity contribution is 14.1. The summed E-state index contributed by atoms with van der Waals surface area (Å²) in [7, 11) is 0. The molecule has 1 heterocycles. The van der Waals surface area contributed by atoms with Crippen LogP contribution in [0.3, 0.4) is 0 Å². The first kappa shape index (κ1) is 17.1. The molecule has 1 aromatic rings. The topological polar surface area (TPSA) is 6.48 Å². The van der Waals surface area contributed by atoms with E-state index in [1.165, 1.54) is 11.4 Å². The summed E-state index contributed by atoms with van der Waals surface area (Å²) in [5.74, 6) is -1.69. The van der Waals surface area contributed by atoms with Crippen LogP contribution in [0.4, 0.5) is 11.4 Å². The minimum Gasteiger partial charge on any atom is -0.371 e. The van der Waals surface area contributed by atoms with Crippen molar-refractivity contribution in [1.29, 1.82) is 0 Å². The fourth-order valence-corrected chi connectivity index (χ4v) is 8.57. The molecule has 0 bridgehead atoms. The minimum atomic E-state index is -1.69. The third-order valence-corrected chi connectivity index (χ3v) is 9.98. The van der Waals surface area contributed by atoms with Crippen LogP contribution in [0.2, 0.25) is 6.55 Å². The van der Waals surface area contributed by atoms with Gasteiger partial charge < -0.3 is 9.13 Å². The summed E-state index contributed by atoms with van der Waals surface area (Å²) in [6.45, 7) is 18.7. The molecule has 0 amide bonds. The molecule has 1 aromatic carbocycles. The molecule has 0 N–H and O–H groups in total. The lowest BCUT2D eigenvalue weighted by molar-refractivity contribution is 0.424. The number of rotatable bonds is 2. The predicted molar refractivity (Wildman–Crippen MR) is 106 cm³/mol. The highest BCUT2D eigenvalue weighted by atomic mass is 127. The van der Waals surface area contributed by atoms with Gasteiger partial charge in [0.2, 0.25) is 0 Å². The second kappa shape index (κ2) is 5.44. The molecule has 0 spiro atoms. The fourth-order valence-electron chi connectivity index (χ4n) is 2.91. The van der Waals surface area contributed by atoms with Crippen molar-refractivity contribution in [1.82, 2.24) is 0 Å². The Bertz CT molecular complexity index is 469. The Kier molecular flexibility index (Phi) is 4.44. The molecule has 1 aliphatic rings. The van der Waals surface area contributed by atoms with Crippen LogP contribution in [0.1, 0.15) is 41.5 Å². The Morgan fingerprint density at radius 2 is 1.19 bits per heavy atom. The predicted octanol–water partition coefficient (Wildman–Crippen LogP) is 5.41. The molecule has 0 aliphatic carbocycles. The molecule has 0 saturated carbocycles. The molecule has 2 rings (SSSR count). The zero-order valence-electron chi connectivity index (χ0n) is 14.5. The van der Waals surface area contributed by atoms with Crippen LogP contribution in [-0.2, 0) is 0 Å². The van der Waals surface area contributed by atoms with Gasteiger partial charge in [0.05, 0.1) is 11.4 Å². The van der Waals surface area contributed by atoms with Crippen molar-refractivity contribution in [2.24, 2.45) is 10.8 Å². The second-order valence-corrected chi connectivity index (χ2v) is 17.7. The Labute approximate surface area is 144 Å². The quantitative estimate of drug-likeness (QED) is 0.361. The molecule has 1 aliphatic heterocycles. The maximum absolute atomic E-state index is 2.76. The zero-order valence-corrected chi connectivity index (χ0v) is 17.7. The first-order chi connectivity index (χ1) is 9.42. The summed E-state index contributed by atoms with van der Waals surface area (Å²) in [5, 5.41) is 0. The van der Waals surface area contributed by atoms with Crippen molar-refractivity contribution in [2.45, 2.75) is 48.1 Å². The minimum absolute atomic E-state index is 0.310. The number of benzene rings is 1. The molecule has 0 radical (unpaired) electrons. The van der Waals surface area contributed by atoms with Crippen molar-refractivity contribution in [3.63, 3.8) is 0 Å². The van der Waals surface area contributed by atoms with Gasteiger partial charge >= 0.3 is 5.89 Å². The summed E-state index contributed by atoms with van der Waals surface area (Å²) in [5.41, 5.74) is 3.48. The van der Waals surface area contributed by atoms with Crippen molar-refractivity contribution in [3.8, 4) is 0 Å². The van der Waals surface area contributed by atoms with Gasteiger partial charge in [-0.25, -0.2) is 0 Å². The van der Waals surface area contributed by atoms with Gasteiger partial charge in [-0.3, -0.25) is 0 Å². The first-order valence-electron chi connectivity index (χ1n) is 7.75. The largest absolute Gasteiger partial charge is 0.371 e. The molecule has 21 heavy (non-hydrogen) atoms. The monoisotopic (exact) mass is 416 g/mol. The molecule has 2 nitrogen and oxygen atoms in total. The third-order valence-electron chi connectivity index (χ3n) is 3.71. The van der Waals surface area contributed by atoms with Gasteiger partial charge in [0.1, 0.15) is 0 Å². The van der Waals surface area contributed by atoms with Crippen LogP contribution in [0.25, 0.3) is 0 Å². The summed E-state index contributed by atoms with van der Waals surface area (Å²) in [4.78, 5) is 0. The van der Waals surface area contributed by atoms with E-state index in [2.05, 4.69) is 103 Å². The molecule has 0 fully saturated rings. The normalized spacial score (nSPS) is 18.1. The van der Waals surface area contributed by atoms with Gasteiger partial charge in [0.15, 0.2) is 0 Å². The third kappa shape index (κ3) is 3.75. The van der Waals surface area contributed by atoms with E-state index in [4.69, 9.17) is 0 Å². The Balaban J connectivity index is 2.45. The lowest BCUT2D eigenvalue weighted by Crippen LogP contribution is -2.59. The molecule has 118 valence electrons. The number of nitrogens with zero attached hydrogens (tertiary/aromatic N) is 2. The summed E-state index contributed by atoms with van der Waals surface area (Å²) >= 11 is 2.76. The second-order valence-electron chi connectivity index (χ2n) is 8.69. The van der Waals surface area contributed by atoms with Gasteiger partial charge in [-0.15, -0.1) is 0 Å². The number of halogens is 1. The molecule has 0 saturated heterocycles. The zero-order chi connectivity index (χ0) is 16.1. The molecule has 0 aromatic heterocycles. The Morgan fingerprint density at radius 1 is 0.857 bits per heavy atom. The Hall–Kier alpha value is -0.233. The fraction of sp³-hybridized carbons (Fsp3) is 0.647. The van der Waals surface area contributed by atoms with E-state index in [-0.39, 0.29) is 0 Å². The van der Waals surface area contributed by atoms with Crippen molar-refractivity contribution in [2.75, 3.05) is 22.2 Å². The maximum atomic E-state index is 2.76. The number of hydrogen-bond acceptors (Lipinski definition) is 2.